The van der Waals surface area contributed by atoms with E-state index in [1.807, 2.05) is 6.92 Å². The fraction of sp³-hybridized carbons (Fsp3) is 0.933. The van der Waals surface area contributed by atoms with Gasteiger partial charge in [-0.3, -0.25) is 4.79 Å². The van der Waals surface area contributed by atoms with Gasteiger partial charge in [-0.25, -0.2) is 0 Å². The van der Waals surface area contributed by atoms with Crippen LogP contribution in [0.1, 0.15) is 52.9 Å². The molecule has 0 spiro atoms. The summed E-state index contributed by atoms with van der Waals surface area (Å²) in [5.41, 5.74) is -0.653. The van der Waals surface area contributed by atoms with E-state index in [2.05, 4.69) is 19.2 Å². The highest BCUT2D eigenvalue weighted by molar-refractivity contribution is 5.80. The first kappa shape index (κ1) is 18.4. The summed E-state index contributed by atoms with van der Waals surface area (Å²) < 4.78 is 10.5. The molecule has 4 heteroatoms. The van der Waals surface area contributed by atoms with E-state index < -0.39 is 5.54 Å². The van der Waals surface area contributed by atoms with Gasteiger partial charge in [0.05, 0.1) is 7.11 Å². The monoisotopic (exact) mass is 273 g/mol. The Bertz CT molecular complexity index is 246. The summed E-state index contributed by atoms with van der Waals surface area (Å²) in [6.45, 7) is 7.63. The maximum Gasteiger partial charge on any atom is 0.325 e. The number of carbonyl (C=O) groups is 1. The smallest absolute Gasteiger partial charge is 0.325 e. The van der Waals surface area contributed by atoms with Gasteiger partial charge in [0.15, 0.2) is 0 Å². The predicted molar refractivity (Wildman–Crippen MR) is 78.2 cm³/mol. The number of hydrogen-bond acceptors (Lipinski definition) is 4. The molecule has 2 atom stereocenters. The highest BCUT2D eigenvalue weighted by atomic mass is 16.5. The lowest BCUT2D eigenvalue weighted by Gasteiger charge is -2.26. The van der Waals surface area contributed by atoms with Gasteiger partial charge in [0.1, 0.15) is 5.54 Å². The van der Waals surface area contributed by atoms with Crippen molar-refractivity contribution < 1.29 is 14.3 Å². The van der Waals surface area contributed by atoms with Crippen LogP contribution in [-0.2, 0) is 14.3 Å². The second kappa shape index (κ2) is 10.2. The minimum Gasteiger partial charge on any atom is -0.468 e. The van der Waals surface area contributed by atoms with E-state index in [1.165, 1.54) is 26.4 Å². The number of likely N-dealkylation sites (N-methyl/N-ethyl adjacent to an activating group) is 1. The predicted octanol–water partition coefficient (Wildman–Crippen LogP) is 2.76. The molecule has 0 rings (SSSR count). The molecule has 0 bridgehead atoms. The lowest BCUT2D eigenvalue weighted by molar-refractivity contribution is -0.148. The van der Waals surface area contributed by atoms with E-state index in [1.54, 1.807) is 7.05 Å². The van der Waals surface area contributed by atoms with E-state index in [-0.39, 0.29) is 5.97 Å². The third kappa shape index (κ3) is 6.92. The fourth-order valence-electron chi connectivity index (χ4n) is 1.98. The van der Waals surface area contributed by atoms with Crippen molar-refractivity contribution in [2.75, 3.05) is 27.4 Å². The summed E-state index contributed by atoms with van der Waals surface area (Å²) >= 11 is 0. The second-order valence-corrected chi connectivity index (χ2v) is 5.32. The summed E-state index contributed by atoms with van der Waals surface area (Å²) in [6, 6.07) is 0. The molecule has 0 amide bonds. The Labute approximate surface area is 118 Å². The number of rotatable bonds is 11. The number of esters is 1. The minimum atomic E-state index is -0.653. The third-order valence-electron chi connectivity index (χ3n) is 3.83. The normalized spacial score (nSPS) is 15.8. The quantitative estimate of drug-likeness (QED) is 0.464. The maximum atomic E-state index is 11.7. The zero-order valence-electron chi connectivity index (χ0n) is 13.3. The Morgan fingerprint density at radius 3 is 2.53 bits per heavy atom. The third-order valence-corrected chi connectivity index (χ3v) is 3.83. The SMILES string of the molecule is CCCCC(CC)COCCC(C)(NC)C(=O)OC. The zero-order chi connectivity index (χ0) is 14.7. The largest absolute Gasteiger partial charge is 0.468 e. The van der Waals surface area contributed by atoms with E-state index in [0.29, 0.717) is 18.9 Å². The molecule has 114 valence electrons. The molecule has 1 N–H and O–H groups in total. The Morgan fingerprint density at radius 2 is 2.05 bits per heavy atom. The molecule has 0 aromatic heterocycles. The lowest BCUT2D eigenvalue weighted by atomic mass is 9.98. The van der Waals surface area contributed by atoms with Gasteiger partial charge in [-0.05, 0) is 32.7 Å². The molecule has 0 saturated carbocycles. The summed E-state index contributed by atoms with van der Waals surface area (Å²) in [5, 5.41) is 3.01. The standard InChI is InChI=1S/C15H31NO3/c1-6-8-9-13(7-2)12-19-11-10-15(3,16-4)14(17)18-5/h13,16H,6-12H2,1-5H3. The van der Waals surface area contributed by atoms with Gasteiger partial charge in [-0.1, -0.05) is 33.1 Å². The summed E-state index contributed by atoms with van der Waals surface area (Å²) in [5.74, 6) is 0.399. The van der Waals surface area contributed by atoms with Crippen LogP contribution in [0.3, 0.4) is 0 Å². The van der Waals surface area contributed by atoms with Gasteiger partial charge in [0, 0.05) is 13.2 Å². The topological polar surface area (TPSA) is 47.6 Å². The number of hydrogen-bond donors (Lipinski definition) is 1. The molecule has 0 aliphatic rings. The van der Waals surface area contributed by atoms with Crippen LogP contribution >= 0.6 is 0 Å². The van der Waals surface area contributed by atoms with Gasteiger partial charge in [0.2, 0.25) is 0 Å². The van der Waals surface area contributed by atoms with Gasteiger partial charge in [-0.15, -0.1) is 0 Å². The first-order chi connectivity index (χ1) is 9.03. The molecule has 0 fully saturated rings. The molecule has 0 aromatic rings. The van der Waals surface area contributed by atoms with Crippen molar-refractivity contribution in [1.29, 1.82) is 0 Å². The van der Waals surface area contributed by atoms with Crippen molar-refractivity contribution in [2.24, 2.45) is 5.92 Å². The lowest BCUT2D eigenvalue weighted by Crippen LogP contribution is -2.49. The van der Waals surface area contributed by atoms with Crippen LogP contribution in [0, 0.1) is 5.92 Å². The molecular formula is C15H31NO3. The molecule has 4 nitrogen and oxygen atoms in total. The van der Waals surface area contributed by atoms with Crippen molar-refractivity contribution in [3.63, 3.8) is 0 Å². The van der Waals surface area contributed by atoms with Gasteiger partial charge in [0.25, 0.3) is 0 Å². The average molecular weight is 273 g/mol. The maximum absolute atomic E-state index is 11.7. The van der Waals surface area contributed by atoms with Gasteiger partial charge >= 0.3 is 5.97 Å². The number of unbranched alkanes of at least 4 members (excludes halogenated alkanes) is 1. The molecule has 2 unspecified atom stereocenters. The second-order valence-electron chi connectivity index (χ2n) is 5.32. The van der Waals surface area contributed by atoms with E-state index in [4.69, 9.17) is 9.47 Å². The average Bonchev–Trinajstić information content (AvgIpc) is 2.45. The van der Waals surface area contributed by atoms with Crippen molar-refractivity contribution in [2.45, 2.75) is 58.4 Å². The van der Waals surface area contributed by atoms with Gasteiger partial charge < -0.3 is 14.8 Å². The first-order valence-corrected chi connectivity index (χ1v) is 7.39. The Balaban J connectivity index is 3.96. The van der Waals surface area contributed by atoms with Crippen LogP contribution in [-0.4, -0.2) is 38.9 Å². The summed E-state index contributed by atoms with van der Waals surface area (Å²) in [4.78, 5) is 11.7. The van der Waals surface area contributed by atoms with E-state index in [0.717, 1.165) is 13.0 Å². The first-order valence-electron chi connectivity index (χ1n) is 7.39. The van der Waals surface area contributed by atoms with Crippen molar-refractivity contribution in [3.8, 4) is 0 Å². The van der Waals surface area contributed by atoms with E-state index in [9.17, 15) is 4.79 Å². The number of ether oxygens (including phenoxy) is 2. The highest BCUT2D eigenvalue weighted by Crippen LogP contribution is 2.15. The summed E-state index contributed by atoms with van der Waals surface area (Å²) in [7, 11) is 3.18. The van der Waals surface area contributed by atoms with Crippen LogP contribution in [0.5, 0.6) is 0 Å². The molecule has 0 aliphatic carbocycles. The zero-order valence-corrected chi connectivity index (χ0v) is 13.3. The molecule has 19 heavy (non-hydrogen) atoms. The van der Waals surface area contributed by atoms with Crippen LogP contribution in [0.2, 0.25) is 0 Å². The molecule has 0 radical (unpaired) electrons. The molecular weight excluding hydrogens is 242 g/mol. The molecule has 0 aliphatic heterocycles. The van der Waals surface area contributed by atoms with Crippen LogP contribution in [0.15, 0.2) is 0 Å². The number of carbonyl (C=O) groups excluding carboxylic acids is 1. The number of methoxy groups -OCH3 is 1. The van der Waals surface area contributed by atoms with Crippen molar-refractivity contribution in [1.82, 2.24) is 5.32 Å². The minimum absolute atomic E-state index is 0.239. The highest BCUT2D eigenvalue weighted by Gasteiger charge is 2.32. The Hall–Kier alpha value is -0.610. The fourth-order valence-corrected chi connectivity index (χ4v) is 1.98. The van der Waals surface area contributed by atoms with Crippen LogP contribution in [0.25, 0.3) is 0 Å². The number of nitrogens with one attached hydrogen (secondary N) is 1. The Kier molecular flexibility index (Phi) is 9.88. The molecule has 0 saturated heterocycles. The van der Waals surface area contributed by atoms with Crippen molar-refractivity contribution in [3.05, 3.63) is 0 Å². The summed E-state index contributed by atoms with van der Waals surface area (Å²) in [6.07, 6.45) is 5.50. The molecule has 0 heterocycles. The van der Waals surface area contributed by atoms with E-state index >= 15 is 0 Å². The Morgan fingerprint density at radius 1 is 1.37 bits per heavy atom. The molecule has 0 aromatic carbocycles. The van der Waals surface area contributed by atoms with Gasteiger partial charge in [-0.2, -0.15) is 0 Å². The van der Waals surface area contributed by atoms with Crippen LogP contribution < -0.4 is 5.32 Å². The van der Waals surface area contributed by atoms with Crippen LogP contribution in [0.4, 0.5) is 0 Å². The van der Waals surface area contributed by atoms with Crippen molar-refractivity contribution >= 4 is 5.97 Å².